The van der Waals surface area contributed by atoms with E-state index < -0.39 is 22.0 Å². The molecule has 33 heavy (non-hydrogen) atoms. The lowest BCUT2D eigenvalue weighted by Gasteiger charge is -2.32. The Morgan fingerprint density at radius 2 is 1.52 bits per heavy atom. The quantitative estimate of drug-likeness (QED) is 0.574. The van der Waals surface area contributed by atoms with Crippen LogP contribution in [0, 0.1) is 19.8 Å². The zero-order valence-electron chi connectivity index (χ0n) is 20.3. The van der Waals surface area contributed by atoms with Crippen LogP contribution < -0.4 is 9.62 Å². The highest BCUT2D eigenvalue weighted by molar-refractivity contribution is 7.92. The number of rotatable bonds is 10. The van der Waals surface area contributed by atoms with Crippen LogP contribution in [-0.4, -0.2) is 50.5 Å². The Hall–Kier alpha value is -2.87. The molecular weight excluding hydrogens is 438 g/mol. The van der Waals surface area contributed by atoms with Crippen molar-refractivity contribution in [3.05, 3.63) is 65.2 Å². The van der Waals surface area contributed by atoms with E-state index in [0.717, 1.165) is 27.3 Å². The van der Waals surface area contributed by atoms with Crippen molar-refractivity contribution in [2.24, 2.45) is 5.92 Å². The largest absolute Gasteiger partial charge is 0.354 e. The molecule has 0 saturated carbocycles. The minimum absolute atomic E-state index is 0.195. The van der Waals surface area contributed by atoms with Crippen LogP contribution in [-0.2, 0) is 26.2 Å². The van der Waals surface area contributed by atoms with Crippen LogP contribution in [0.5, 0.6) is 0 Å². The van der Waals surface area contributed by atoms with E-state index in [-0.39, 0.29) is 24.9 Å². The van der Waals surface area contributed by atoms with Gasteiger partial charge in [0.1, 0.15) is 12.6 Å². The van der Waals surface area contributed by atoms with Gasteiger partial charge in [0.25, 0.3) is 0 Å². The Morgan fingerprint density at radius 3 is 2.03 bits per heavy atom. The molecule has 0 unspecified atom stereocenters. The van der Waals surface area contributed by atoms with Gasteiger partial charge in [0.05, 0.1) is 11.9 Å². The molecule has 2 aromatic rings. The molecule has 8 heteroatoms. The van der Waals surface area contributed by atoms with Gasteiger partial charge in [-0.3, -0.25) is 13.9 Å². The maximum absolute atomic E-state index is 13.5. The lowest BCUT2D eigenvalue weighted by atomic mass is 10.1. The van der Waals surface area contributed by atoms with Crippen LogP contribution in [0.4, 0.5) is 5.69 Å². The van der Waals surface area contributed by atoms with Gasteiger partial charge in [-0.15, -0.1) is 0 Å². The van der Waals surface area contributed by atoms with E-state index in [2.05, 4.69) is 5.32 Å². The van der Waals surface area contributed by atoms with E-state index in [4.69, 9.17) is 0 Å². The highest BCUT2D eigenvalue weighted by Gasteiger charge is 2.31. The SMILES string of the molecule is Cc1cccc(C)c1N(CC(=O)N(Cc1ccccc1)[C@@H](C)C(=O)NCC(C)C)S(C)(=O)=O. The fourth-order valence-electron chi connectivity index (χ4n) is 3.59. The topological polar surface area (TPSA) is 86.8 Å². The van der Waals surface area contributed by atoms with Crippen LogP contribution >= 0.6 is 0 Å². The number of aryl methyl sites for hydroxylation is 2. The van der Waals surface area contributed by atoms with Gasteiger partial charge in [-0.2, -0.15) is 0 Å². The fourth-order valence-corrected chi connectivity index (χ4v) is 4.55. The number of para-hydroxylation sites is 1. The Balaban J connectivity index is 2.40. The minimum atomic E-state index is -3.75. The Morgan fingerprint density at radius 1 is 0.939 bits per heavy atom. The molecular formula is C25H35N3O4S. The first kappa shape index (κ1) is 26.4. The van der Waals surface area contributed by atoms with Crippen molar-refractivity contribution in [2.75, 3.05) is 23.7 Å². The molecule has 0 spiro atoms. The van der Waals surface area contributed by atoms with E-state index >= 15 is 0 Å². The number of sulfonamides is 1. The summed E-state index contributed by atoms with van der Waals surface area (Å²) < 4.78 is 26.6. The van der Waals surface area contributed by atoms with Crippen molar-refractivity contribution in [2.45, 2.75) is 47.2 Å². The maximum atomic E-state index is 13.5. The number of hydrogen-bond donors (Lipinski definition) is 1. The molecule has 0 fully saturated rings. The van der Waals surface area contributed by atoms with Crippen LogP contribution in [0.25, 0.3) is 0 Å². The monoisotopic (exact) mass is 473 g/mol. The predicted molar refractivity (Wildman–Crippen MR) is 132 cm³/mol. The van der Waals surface area contributed by atoms with E-state index in [0.29, 0.717) is 12.2 Å². The molecule has 1 atom stereocenters. The molecule has 0 aromatic heterocycles. The average Bonchev–Trinajstić information content (AvgIpc) is 2.74. The minimum Gasteiger partial charge on any atom is -0.354 e. The average molecular weight is 474 g/mol. The zero-order valence-corrected chi connectivity index (χ0v) is 21.1. The summed E-state index contributed by atoms with van der Waals surface area (Å²) in [6, 6.07) is 14.1. The van der Waals surface area contributed by atoms with Gasteiger partial charge in [-0.05, 0) is 43.4 Å². The summed E-state index contributed by atoms with van der Waals surface area (Å²) in [5.41, 5.74) is 2.85. The van der Waals surface area contributed by atoms with Gasteiger partial charge in [0, 0.05) is 13.1 Å². The van der Waals surface area contributed by atoms with Gasteiger partial charge in [0.15, 0.2) is 0 Å². The number of carbonyl (C=O) groups excluding carboxylic acids is 2. The molecule has 2 amide bonds. The van der Waals surface area contributed by atoms with Crippen LogP contribution in [0.2, 0.25) is 0 Å². The number of hydrogen-bond acceptors (Lipinski definition) is 4. The molecule has 180 valence electrons. The number of nitrogens with zero attached hydrogens (tertiary/aromatic N) is 2. The van der Waals surface area contributed by atoms with Crippen LogP contribution in [0.1, 0.15) is 37.5 Å². The highest BCUT2D eigenvalue weighted by Crippen LogP contribution is 2.27. The summed E-state index contributed by atoms with van der Waals surface area (Å²) in [4.78, 5) is 27.8. The normalized spacial score (nSPS) is 12.3. The van der Waals surface area contributed by atoms with Gasteiger partial charge in [0.2, 0.25) is 21.8 Å². The molecule has 7 nitrogen and oxygen atoms in total. The summed E-state index contributed by atoms with van der Waals surface area (Å²) >= 11 is 0. The summed E-state index contributed by atoms with van der Waals surface area (Å²) in [6.07, 6.45) is 1.09. The van der Waals surface area contributed by atoms with Crippen molar-refractivity contribution >= 4 is 27.5 Å². The van der Waals surface area contributed by atoms with Gasteiger partial charge < -0.3 is 10.2 Å². The molecule has 2 rings (SSSR count). The molecule has 0 saturated heterocycles. The number of carbonyl (C=O) groups is 2. The number of anilines is 1. The van der Waals surface area contributed by atoms with E-state index in [9.17, 15) is 18.0 Å². The first-order chi connectivity index (χ1) is 15.4. The van der Waals surface area contributed by atoms with Crippen LogP contribution in [0.15, 0.2) is 48.5 Å². The van der Waals surface area contributed by atoms with Crippen molar-refractivity contribution < 1.29 is 18.0 Å². The Bertz CT molecular complexity index is 1050. The second kappa shape index (κ2) is 11.3. The van der Waals surface area contributed by atoms with E-state index in [1.165, 1.54) is 4.90 Å². The van der Waals surface area contributed by atoms with E-state index in [1.807, 2.05) is 76.2 Å². The van der Waals surface area contributed by atoms with Gasteiger partial charge in [-0.25, -0.2) is 8.42 Å². The molecule has 2 aromatic carbocycles. The third kappa shape index (κ3) is 7.32. The second-order valence-corrected chi connectivity index (χ2v) is 10.7. The van der Waals surface area contributed by atoms with E-state index in [1.54, 1.807) is 6.92 Å². The van der Waals surface area contributed by atoms with Crippen molar-refractivity contribution in [3.63, 3.8) is 0 Å². The molecule has 0 aliphatic rings. The summed E-state index contributed by atoms with van der Waals surface area (Å²) in [5.74, 6) is -0.450. The molecule has 0 aliphatic carbocycles. The number of amides is 2. The highest BCUT2D eigenvalue weighted by atomic mass is 32.2. The van der Waals surface area contributed by atoms with Crippen molar-refractivity contribution in [1.82, 2.24) is 10.2 Å². The maximum Gasteiger partial charge on any atom is 0.244 e. The van der Waals surface area contributed by atoms with Crippen molar-refractivity contribution in [3.8, 4) is 0 Å². The summed E-state index contributed by atoms with van der Waals surface area (Å²) in [6.45, 7) is 9.58. The fraction of sp³-hybridized carbons (Fsp3) is 0.440. The zero-order chi connectivity index (χ0) is 24.8. The van der Waals surface area contributed by atoms with Crippen LogP contribution in [0.3, 0.4) is 0 Å². The Labute approximate surface area is 197 Å². The third-order valence-corrected chi connectivity index (χ3v) is 6.53. The second-order valence-electron chi connectivity index (χ2n) is 8.83. The standard InChI is InChI=1S/C25H35N3O4S/c1-18(2)15-26-25(30)21(5)27(16-22-13-8-7-9-14-22)23(29)17-28(33(6,31)32)24-19(3)11-10-12-20(24)4/h7-14,18,21H,15-17H2,1-6H3,(H,26,30)/t21-/m0/s1. The molecule has 0 bridgehead atoms. The molecule has 0 aliphatic heterocycles. The molecule has 0 heterocycles. The smallest absolute Gasteiger partial charge is 0.244 e. The lowest BCUT2D eigenvalue weighted by Crippen LogP contribution is -2.51. The molecule has 0 radical (unpaired) electrons. The molecule has 1 N–H and O–H groups in total. The third-order valence-electron chi connectivity index (χ3n) is 5.42. The first-order valence-electron chi connectivity index (χ1n) is 11.1. The lowest BCUT2D eigenvalue weighted by molar-refractivity contribution is -0.139. The number of nitrogens with one attached hydrogen (secondary N) is 1. The Kier molecular flexibility index (Phi) is 9.05. The van der Waals surface area contributed by atoms with Gasteiger partial charge >= 0.3 is 0 Å². The summed E-state index contributed by atoms with van der Waals surface area (Å²) in [7, 11) is -3.75. The summed E-state index contributed by atoms with van der Waals surface area (Å²) in [5, 5.41) is 2.87. The number of benzene rings is 2. The van der Waals surface area contributed by atoms with Crippen molar-refractivity contribution in [1.29, 1.82) is 0 Å². The predicted octanol–water partition coefficient (Wildman–Crippen LogP) is 3.26. The van der Waals surface area contributed by atoms with Gasteiger partial charge in [-0.1, -0.05) is 62.4 Å². The first-order valence-corrected chi connectivity index (χ1v) is 12.9.